The first kappa shape index (κ1) is 21.4. The summed E-state index contributed by atoms with van der Waals surface area (Å²) in [5, 5.41) is 20.2. The van der Waals surface area contributed by atoms with Crippen LogP contribution < -0.4 is 0 Å². The molecule has 0 aliphatic heterocycles. The largest absolute Gasteiger partial charge is 0.462 e. The van der Waals surface area contributed by atoms with Gasteiger partial charge in [0.2, 0.25) is 6.29 Å². The van der Waals surface area contributed by atoms with E-state index >= 15 is 0 Å². The Morgan fingerprint density at radius 3 is 2.44 bits per heavy atom. The maximum Gasteiger partial charge on any atom is 0.202 e. The van der Waals surface area contributed by atoms with Gasteiger partial charge in [0.25, 0.3) is 0 Å². The number of hydrogen-bond donors (Lipinski definition) is 2. The molecule has 0 radical (unpaired) electrons. The molecule has 9 heteroatoms. The van der Waals surface area contributed by atoms with Gasteiger partial charge < -0.3 is 19.7 Å². The number of halogens is 5. The molecule has 2 N–H and O–H groups in total. The van der Waals surface area contributed by atoms with Crippen molar-refractivity contribution < 1.29 is 19.7 Å². The lowest BCUT2D eigenvalue weighted by Crippen LogP contribution is -2.33. The third kappa shape index (κ3) is 6.05. The summed E-state index contributed by atoms with van der Waals surface area (Å²) in [7, 11) is 0. The predicted octanol–water partition coefficient (Wildman–Crippen LogP) is 4.69. The van der Waals surface area contributed by atoms with Gasteiger partial charge in [-0.3, -0.25) is 0 Å². The molecule has 0 fully saturated rings. The minimum atomic E-state index is -1.38. The first-order valence-corrected chi connectivity index (χ1v) is 9.46. The number of allylic oxidation sites excluding steroid dienone is 5. The van der Waals surface area contributed by atoms with Crippen LogP contribution >= 0.6 is 58.0 Å². The van der Waals surface area contributed by atoms with Gasteiger partial charge in [-0.25, -0.2) is 0 Å². The van der Waals surface area contributed by atoms with Crippen molar-refractivity contribution in [2.45, 2.75) is 49.2 Å². The molecule has 0 aromatic heterocycles. The average Bonchev–Trinajstić information content (AvgIpc) is 2.46. The molecule has 0 aromatic carbocycles. The molecule has 4 unspecified atom stereocenters. The highest BCUT2D eigenvalue weighted by molar-refractivity contribution is 6.37. The number of hydrogen-bond acceptors (Lipinski definition) is 4. The van der Waals surface area contributed by atoms with Gasteiger partial charge in [-0.2, -0.15) is 0 Å². The smallest absolute Gasteiger partial charge is 0.202 e. The van der Waals surface area contributed by atoms with Gasteiger partial charge in [0, 0.05) is 11.5 Å². The molecule has 2 rings (SSSR count). The molecule has 5 atom stereocenters. The lowest BCUT2D eigenvalue weighted by atomic mass is 10.0. The Morgan fingerprint density at radius 1 is 1.16 bits per heavy atom. The van der Waals surface area contributed by atoms with Gasteiger partial charge in [0.15, 0.2) is 12.0 Å². The second kappa shape index (κ2) is 9.34. The Labute approximate surface area is 171 Å². The quantitative estimate of drug-likeness (QED) is 0.455. The number of ether oxygens (including phenoxy) is 2. The van der Waals surface area contributed by atoms with E-state index in [9.17, 15) is 10.2 Å². The molecule has 2 aliphatic carbocycles. The number of alkyl halides is 2. The molecule has 0 bridgehead atoms. The summed E-state index contributed by atoms with van der Waals surface area (Å²) in [6, 6.07) is 0. The van der Waals surface area contributed by atoms with Gasteiger partial charge in [-0.15, -0.1) is 23.2 Å². The number of aliphatic hydroxyl groups is 2. The summed E-state index contributed by atoms with van der Waals surface area (Å²) in [5.41, 5.74) is 0.763. The van der Waals surface area contributed by atoms with Crippen LogP contribution in [0.1, 0.15) is 19.8 Å². The topological polar surface area (TPSA) is 58.9 Å². The maximum absolute atomic E-state index is 10.1. The van der Waals surface area contributed by atoms with Crippen molar-refractivity contribution in [3.05, 3.63) is 44.7 Å². The van der Waals surface area contributed by atoms with Gasteiger partial charge in [0.1, 0.15) is 6.10 Å². The van der Waals surface area contributed by atoms with Crippen LogP contribution in [0, 0.1) is 0 Å². The molecule has 0 aromatic rings. The van der Waals surface area contributed by atoms with Gasteiger partial charge in [-0.05, 0) is 30.7 Å². The number of rotatable bonds is 6. The highest BCUT2D eigenvalue weighted by Gasteiger charge is 2.29. The van der Waals surface area contributed by atoms with E-state index in [1.807, 2.05) is 0 Å². The normalized spacial score (nSPS) is 29.6. The Balaban J connectivity index is 1.91. The maximum atomic E-state index is 10.1. The van der Waals surface area contributed by atoms with E-state index in [0.717, 1.165) is 5.57 Å². The van der Waals surface area contributed by atoms with E-state index in [0.29, 0.717) is 16.5 Å². The Morgan fingerprint density at radius 2 is 1.84 bits per heavy atom. The Hall–Kier alpha value is 0.0900. The first-order chi connectivity index (χ1) is 11.7. The molecule has 2 aliphatic rings. The van der Waals surface area contributed by atoms with Crippen molar-refractivity contribution in [1.82, 2.24) is 0 Å². The van der Waals surface area contributed by atoms with Crippen molar-refractivity contribution in [1.29, 1.82) is 0 Å². The molecule has 4 nitrogen and oxygen atoms in total. The number of aliphatic hydroxyl groups excluding tert-OH is 2. The molecular formula is C16H17Cl5O4. The van der Waals surface area contributed by atoms with Crippen LogP contribution in [0.15, 0.2) is 44.7 Å². The van der Waals surface area contributed by atoms with Crippen LogP contribution in [0.2, 0.25) is 0 Å². The highest BCUT2D eigenvalue weighted by Crippen LogP contribution is 2.34. The van der Waals surface area contributed by atoms with E-state index in [-0.39, 0.29) is 22.6 Å². The van der Waals surface area contributed by atoms with Crippen molar-refractivity contribution in [2.24, 2.45) is 0 Å². The SMILES string of the molecule is CC1=CC(Cl)=CC(Cl)C1OC(O)CC(O)OC1=C(Cl)C[C@H](Cl)C=C1Cl. The molecular weight excluding hydrogens is 433 g/mol. The minimum absolute atomic E-state index is 0.138. The lowest BCUT2D eigenvalue weighted by molar-refractivity contribution is -0.175. The molecule has 25 heavy (non-hydrogen) atoms. The summed E-state index contributed by atoms with van der Waals surface area (Å²) < 4.78 is 10.8. The summed E-state index contributed by atoms with van der Waals surface area (Å²) >= 11 is 30.1. The zero-order valence-electron chi connectivity index (χ0n) is 13.1. The summed E-state index contributed by atoms with van der Waals surface area (Å²) in [5.74, 6) is 0.138. The third-order valence-electron chi connectivity index (χ3n) is 3.55. The molecule has 0 amide bonds. The standard InChI is InChI=1S/C16H17Cl5O4/c1-7-2-8(17)3-10(19)15(7)24-13(22)6-14(23)25-16-11(20)4-9(18)5-12(16)21/h2-4,9-10,13-15,22-23H,5-6H2,1H3/t9-,10?,13?,14?,15?/m1/s1. The highest BCUT2D eigenvalue weighted by atomic mass is 35.5. The van der Waals surface area contributed by atoms with Crippen molar-refractivity contribution >= 4 is 58.0 Å². The second-order valence-corrected chi connectivity index (χ2v) is 8.04. The second-order valence-electron chi connectivity index (χ2n) is 5.67. The molecule has 0 heterocycles. The Bertz CT molecular complexity index is 628. The fraction of sp³-hybridized carbons (Fsp3) is 0.500. The van der Waals surface area contributed by atoms with Gasteiger partial charge in [0.05, 0.1) is 27.2 Å². The van der Waals surface area contributed by atoms with Gasteiger partial charge in [-0.1, -0.05) is 34.8 Å². The van der Waals surface area contributed by atoms with Crippen LogP contribution in [0.3, 0.4) is 0 Å². The average molecular weight is 451 g/mol. The van der Waals surface area contributed by atoms with E-state index in [4.69, 9.17) is 67.5 Å². The molecule has 0 saturated carbocycles. The van der Waals surface area contributed by atoms with Crippen LogP contribution in [-0.2, 0) is 9.47 Å². The van der Waals surface area contributed by atoms with Crippen LogP contribution in [0.25, 0.3) is 0 Å². The van der Waals surface area contributed by atoms with Crippen LogP contribution in [0.5, 0.6) is 0 Å². The van der Waals surface area contributed by atoms with E-state index in [2.05, 4.69) is 0 Å². The predicted molar refractivity (Wildman–Crippen MR) is 101 cm³/mol. The summed E-state index contributed by atoms with van der Waals surface area (Å²) in [6.07, 6.45) is 1.72. The molecule has 140 valence electrons. The monoisotopic (exact) mass is 448 g/mol. The third-order valence-corrected chi connectivity index (χ3v) is 5.04. The molecule has 0 spiro atoms. The van der Waals surface area contributed by atoms with Crippen molar-refractivity contribution in [2.75, 3.05) is 0 Å². The fourth-order valence-electron chi connectivity index (χ4n) is 2.41. The summed E-state index contributed by atoms with van der Waals surface area (Å²) in [4.78, 5) is 0. The first-order valence-electron chi connectivity index (χ1n) is 7.45. The zero-order chi connectivity index (χ0) is 18.7. The fourth-order valence-corrected chi connectivity index (χ4v) is 4.27. The van der Waals surface area contributed by atoms with Crippen LogP contribution in [-0.4, -0.2) is 39.7 Å². The lowest BCUT2D eigenvalue weighted by Gasteiger charge is -2.28. The van der Waals surface area contributed by atoms with E-state index < -0.39 is 24.1 Å². The van der Waals surface area contributed by atoms with Crippen molar-refractivity contribution in [3.63, 3.8) is 0 Å². The van der Waals surface area contributed by atoms with E-state index in [1.54, 1.807) is 25.2 Å². The van der Waals surface area contributed by atoms with Gasteiger partial charge >= 0.3 is 0 Å². The Kier molecular flexibility index (Phi) is 7.99. The zero-order valence-corrected chi connectivity index (χ0v) is 16.9. The minimum Gasteiger partial charge on any atom is -0.462 e. The summed E-state index contributed by atoms with van der Waals surface area (Å²) in [6.45, 7) is 1.79. The van der Waals surface area contributed by atoms with Crippen molar-refractivity contribution in [3.8, 4) is 0 Å². The van der Waals surface area contributed by atoms with E-state index in [1.165, 1.54) is 0 Å². The van der Waals surface area contributed by atoms with Crippen LogP contribution in [0.4, 0.5) is 0 Å². The molecule has 0 saturated heterocycles.